The van der Waals surface area contributed by atoms with E-state index in [4.69, 9.17) is 11.6 Å². The molecule has 218 valence electrons. The average Bonchev–Trinajstić information content (AvgIpc) is 2.93. The molecule has 0 heterocycles. The van der Waals surface area contributed by atoms with Crippen molar-refractivity contribution >= 4 is 48.7 Å². The van der Waals surface area contributed by atoms with Gasteiger partial charge in [0.15, 0.2) is 0 Å². The van der Waals surface area contributed by atoms with E-state index in [1.165, 1.54) is 20.9 Å². The second-order valence-electron chi connectivity index (χ2n) is 8.88. The molecule has 0 aromatic heterocycles. The monoisotopic (exact) mass is 654 g/mol. The largest absolute Gasteiger partial charge is 0.355 e. The van der Waals surface area contributed by atoms with E-state index in [9.17, 15) is 30.0 Å². The van der Waals surface area contributed by atoms with Crippen molar-refractivity contribution < 1.29 is 30.0 Å². The summed E-state index contributed by atoms with van der Waals surface area (Å²) in [5.41, 5.74) is 3.78. The molecule has 5 aromatic carbocycles. The molecule has 0 amide bonds. The van der Waals surface area contributed by atoms with Gasteiger partial charge < -0.3 is 0 Å². The van der Waals surface area contributed by atoms with E-state index >= 15 is 0 Å². The molecular weight excluding hydrogens is 633 g/mol. The van der Waals surface area contributed by atoms with Gasteiger partial charge in [0, 0.05) is 19.6 Å². The third-order valence-corrected chi connectivity index (χ3v) is 7.87. The minimum Gasteiger partial charge on any atom is -0.273 e. The third kappa shape index (κ3) is 10.9. The molecule has 0 spiro atoms. The minimum absolute atomic E-state index is 0.185. The zero-order chi connectivity index (χ0) is 30.4. The Morgan fingerprint density at radius 3 is 1.29 bits per heavy atom. The van der Waals surface area contributed by atoms with E-state index in [-0.39, 0.29) is 5.78 Å². The summed E-state index contributed by atoms with van der Waals surface area (Å²) in [5, 5.41) is 0.535. The van der Waals surface area contributed by atoms with Crippen molar-refractivity contribution in [2.24, 2.45) is 0 Å². The van der Waals surface area contributed by atoms with Gasteiger partial charge in [-0.05, 0) is 83.9 Å². The minimum atomic E-state index is -10.7. The molecular formula is C31H22ClF6OPS2. The van der Waals surface area contributed by atoms with E-state index in [0.717, 1.165) is 15.4 Å². The zero-order valence-corrected chi connectivity index (χ0v) is 24.8. The summed E-state index contributed by atoms with van der Waals surface area (Å²) in [5.74, 6) is 0.185. The molecule has 0 unspecified atom stereocenters. The average molecular weight is 655 g/mol. The predicted octanol–water partition coefficient (Wildman–Crippen LogP) is 12.6. The van der Waals surface area contributed by atoms with Crippen molar-refractivity contribution in [1.29, 1.82) is 0 Å². The fraction of sp³-hybridized carbons (Fsp3) is 0. The summed E-state index contributed by atoms with van der Waals surface area (Å²) >= 11 is 9.68. The number of benzene rings is 5. The molecule has 42 heavy (non-hydrogen) atoms. The molecule has 0 radical (unpaired) electrons. The summed E-state index contributed by atoms with van der Waals surface area (Å²) in [6, 6.07) is 42.9. The number of carbonyl (C=O) groups excluding carboxylic acids is 1. The van der Waals surface area contributed by atoms with Crippen LogP contribution in [-0.2, 0) is 0 Å². The van der Waals surface area contributed by atoms with E-state index in [1.807, 2.05) is 48.5 Å². The van der Waals surface area contributed by atoms with Crippen LogP contribution in [0.4, 0.5) is 25.2 Å². The van der Waals surface area contributed by atoms with Gasteiger partial charge in [-0.15, -0.1) is 0 Å². The third-order valence-electron chi connectivity index (χ3n) is 5.51. The Labute approximate surface area is 252 Å². The molecule has 5 aromatic rings. The molecule has 0 saturated heterocycles. The first kappa shape index (κ1) is 31.7. The van der Waals surface area contributed by atoms with Crippen molar-refractivity contribution in [3.8, 4) is 11.1 Å². The molecule has 1 nitrogen and oxygen atoms in total. The summed E-state index contributed by atoms with van der Waals surface area (Å²) < 4.78 is 59.2. The molecule has 11 heteroatoms. The van der Waals surface area contributed by atoms with Gasteiger partial charge in [-0.25, -0.2) is 0 Å². The van der Waals surface area contributed by atoms with Crippen LogP contribution in [0.15, 0.2) is 147 Å². The molecule has 0 atom stereocenters. The van der Waals surface area contributed by atoms with Gasteiger partial charge in [-0.2, -0.15) is 0 Å². The normalized spacial score (nSPS) is 12.8. The summed E-state index contributed by atoms with van der Waals surface area (Å²) in [4.78, 5) is 15.4. The van der Waals surface area contributed by atoms with Crippen molar-refractivity contribution in [2.75, 3.05) is 0 Å². The topological polar surface area (TPSA) is 21.4 Å². The van der Waals surface area contributed by atoms with Gasteiger partial charge in [-0.1, -0.05) is 89.7 Å². The molecule has 0 aliphatic carbocycles. The fourth-order valence-electron chi connectivity index (χ4n) is 3.68. The number of halogens is 7. The Morgan fingerprint density at radius 1 is 0.500 bits per heavy atom. The number of rotatable bonds is 7. The van der Waals surface area contributed by atoms with E-state index in [2.05, 4.69) is 72.8 Å². The first-order chi connectivity index (χ1) is 19.6. The first-order valence-electron chi connectivity index (χ1n) is 12.2. The van der Waals surface area contributed by atoms with Crippen molar-refractivity contribution in [1.82, 2.24) is 0 Å². The number of ketones is 1. The molecule has 0 saturated carbocycles. The molecule has 5 rings (SSSR count). The second-order valence-corrected chi connectivity index (χ2v) is 13.5. The van der Waals surface area contributed by atoms with Gasteiger partial charge in [0.25, 0.3) is 0 Å². The van der Waals surface area contributed by atoms with E-state index in [0.29, 0.717) is 10.6 Å². The predicted molar refractivity (Wildman–Crippen MR) is 163 cm³/mol. The SMILES string of the molecule is F[P-](F)(F)(F)(F)F.[OH+]=C(c1ccc(Sc2ccc(-c3ccc(Sc4ccccc4)cc3)cc2)cc1)c1ccccc1Cl. The summed E-state index contributed by atoms with van der Waals surface area (Å²) in [6.45, 7) is 0. The second kappa shape index (κ2) is 12.2. The van der Waals surface area contributed by atoms with Crippen LogP contribution < -0.4 is 0 Å². The van der Waals surface area contributed by atoms with Gasteiger partial charge in [0.2, 0.25) is 0 Å². The van der Waals surface area contributed by atoms with Crippen LogP contribution in [-0.4, -0.2) is 10.6 Å². The van der Waals surface area contributed by atoms with Crippen LogP contribution in [0.2, 0.25) is 5.02 Å². The summed E-state index contributed by atoms with van der Waals surface area (Å²) in [6.07, 6.45) is 0. The molecule has 0 aliphatic rings. The Hall–Kier alpha value is -3.23. The van der Waals surface area contributed by atoms with Crippen LogP contribution in [0.3, 0.4) is 0 Å². The maximum Gasteiger partial charge on any atom is 0.355 e. The van der Waals surface area contributed by atoms with Gasteiger partial charge in [-0.3, -0.25) is 4.79 Å². The smallest absolute Gasteiger partial charge is 0.273 e. The van der Waals surface area contributed by atoms with Crippen molar-refractivity contribution in [2.45, 2.75) is 19.6 Å². The zero-order valence-electron chi connectivity index (χ0n) is 21.5. The Morgan fingerprint density at radius 2 is 0.857 bits per heavy atom. The number of hydrogen-bond donors (Lipinski definition) is 0. The van der Waals surface area contributed by atoms with Crippen LogP contribution in [0, 0.1) is 0 Å². The maximum atomic E-state index is 10.6. The maximum absolute atomic E-state index is 10.7. The molecule has 0 fully saturated rings. The van der Waals surface area contributed by atoms with Crippen molar-refractivity contribution in [3.05, 3.63) is 144 Å². The van der Waals surface area contributed by atoms with Crippen LogP contribution in [0.1, 0.15) is 11.1 Å². The first-order valence-corrected chi connectivity index (χ1v) is 16.2. The quantitative estimate of drug-likeness (QED) is 0.0754. The summed E-state index contributed by atoms with van der Waals surface area (Å²) in [7, 11) is -10.7. The van der Waals surface area contributed by atoms with Gasteiger partial charge in [0.05, 0.1) is 16.1 Å². The van der Waals surface area contributed by atoms with Crippen molar-refractivity contribution in [3.63, 3.8) is 0 Å². The molecule has 1 N–H and O–H groups in total. The van der Waals surface area contributed by atoms with Gasteiger partial charge in [0.1, 0.15) is 0 Å². The molecule has 0 aliphatic heterocycles. The Bertz CT molecular complexity index is 1650. The van der Waals surface area contributed by atoms with Crippen LogP contribution >= 0.6 is 42.9 Å². The van der Waals surface area contributed by atoms with E-state index < -0.39 is 7.81 Å². The standard InChI is InChI=1S/C31H21ClOS2.F6P/c32-30-9-5-4-8-29(30)31(33)24-14-20-28(21-15-24)35-27-18-12-23(13-19-27)22-10-16-26(17-11-22)34-25-6-2-1-3-7-25;1-7(2,3,4,5)6/h1-21H;/q;-1/p+1. The number of hydrogen-bond acceptors (Lipinski definition) is 2. The molecule has 0 bridgehead atoms. The van der Waals surface area contributed by atoms with Crippen LogP contribution in [0.25, 0.3) is 11.1 Å². The Kier molecular flexibility index (Phi) is 9.19. The van der Waals surface area contributed by atoms with E-state index in [1.54, 1.807) is 29.6 Å². The van der Waals surface area contributed by atoms with Gasteiger partial charge >= 0.3 is 38.8 Å². The fourth-order valence-corrected chi connectivity index (χ4v) is 5.56. The van der Waals surface area contributed by atoms with Crippen LogP contribution in [0.5, 0.6) is 0 Å². The Balaban J connectivity index is 0.000000517.